The Hall–Kier alpha value is -1.11. The molecule has 1 amide bonds. The van der Waals surface area contributed by atoms with Crippen molar-refractivity contribution in [2.45, 2.75) is 37.1 Å². The van der Waals surface area contributed by atoms with Gasteiger partial charge in [0.2, 0.25) is 10.0 Å². The highest BCUT2D eigenvalue weighted by Gasteiger charge is 2.25. The molecule has 1 atom stereocenters. The molecule has 0 bridgehead atoms. The molecular weight excluding hydrogens is 300 g/mol. The molecular formula is C13H17ClN2O3S. The zero-order chi connectivity index (χ0) is 14.9. The minimum Gasteiger partial charge on any atom is -0.349 e. The number of hydrogen-bond donors (Lipinski definition) is 2. The van der Waals surface area contributed by atoms with Crippen LogP contribution < -0.4 is 10.5 Å². The van der Waals surface area contributed by atoms with Gasteiger partial charge in [-0.3, -0.25) is 4.79 Å². The van der Waals surface area contributed by atoms with Crippen LogP contribution in [0.2, 0.25) is 5.02 Å². The first-order valence-electron chi connectivity index (χ1n) is 6.42. The molecule has 1 aliphatic carbocycles. The van der Waals surface area contributed by atoms with Gasteiger partial charge in [-0.25, -0.2) is 13.6 Å². The second-order valence-electron chi connectivity index (χ2n) is 5.14. The molecule has 1 aromatic rings. The third-order valence-electron chi connectivity index (χ3n) is 3.72. The van der Waals surface area contributed by atoms with Crippen molar-refractivity contribution in [3.05, 3.63) is 28.8 Å². The molecule has 0 heterocycles. The summed E-state index contributed by atoms with van der Waals surface area (Å²) in [4.78, 5) is 11.9. The first-order valence-corrected chi connectivity index (χ1v) is 8.34. The van der Waals surface area contributed by atoms with Gasteiger partial charge in [0.25, 0.3) is 5.91 Å². The van der Waals surface area contributed by atoms with Crippen molar-refractivity contribution in [1.82, 2.24) is 5.32 Å². The van der Waals surface area contributed by atoms with E-state index in [1.807, 2.05) is 6.92 Å². The molecule has 3 N–H and O–H groups in total. The van der Waals surface area contributed by atoms with Crippen molar-refractivity contribution in [3.63, 3.8) is 0 Å². The number of nitrogens with one attached hydrogen (secondary N) is 1. The Morgan fingerprint density at radius 1 is 1.45 bits per heavy atom. The first kappa shape index (κ1) is 15.3. The lowest BCUT2D eigenvalue weighted by molar-refractivity contribution is 0.0909. The monoisotopic (exact) mass is 316 g/mol. The van der Waals surface area contributed by atoms with E-state index in [2.05, 4.69) is 5.32 Å². The standard InChI is InChI=1S/C13H17ClN2O3S/c1-8(9-3-2-4-9)16-13(17)10-5-6-11(14)12(7-10)20(15,18)19/h5-9H,2-4H2,1H3,(H,16,17)(H2,15,18,19). The molecule has 20 heavy (non-hydrogen) atoms. The normalized spacial score (nSPS) is 17.4. The number of amides is 1. The Morgan fingerprint density at radius 3 is 2.60 bits per heavy atom. The van der Waals surface area contributed by atoms with Crippen molar-refractivity contribution in [2.75, 3.05) is 0 Å². The van der Waals surface area contributed by atoms with Crippen molar-refractivity contribution < 1.29 is 13.2 Å². The van der Waals surface area contributed by atoms with Crippen LogP contribution in [0.3, 0.4) is 0 Å². The molecule has 1 saturated carbocycles. The SMILES string of the molecule is CC(NC(=O)c1ccc(Cl)c(S(N)(=O)=O)c1)C1CCC1. The van der Waals surface area contributed by atoms with Gasteiger partial charge < -0.3 is 5.32 Å². The molecule has 1 aromatic carbocycles. The van der Waals surface area contributed by atoms with Crippen LogP contribution in [0, 0.1) is 5.92 Å². The fourth-order valence-corrected chi connectivity index (χ4v) is 3.28. The number of carbonyl (C=O) groups excluding carboxylic acids is 1. The molecule has 5 nitrogen and oxygen atoms in total. The maximum Gasteiger partial charge on any atom is 0.251 e. The smallest absolute Gasteiger partial charge is 0.251 e. The van der Waals surface area contributed by atoms with E-state index in [1.54, 1.807) is 0 Å². The summed E-state index contributed by atoms with van der Waals surface area (Å²) in [5, 5.41) is 7.95. The van der Waals surface area contributed by atoms with Gasteiger partial charge in [0, 0.05) is 11.6 Å². The van der Waals surface area contributed by atoms with E-state index >= 15 is 0 Å². The van der Waals surface area contributed by atoms with Crippen molar-refractivity contribution in [1.29, 1.82) is 0 Å². The summed E-state index contributed by atoms with van der Waals surface area (Å²) >= 11 is 5.78. The fraction of sp³-hybridized carbons (Fsp3) is 0.462. The molecule has 0 aliphatic heterocycles. The molecule has 1 fully saturated rings. The quantitative estimate of drug-likeness (QED) is 0.889. The summed E-state index contributed by atoms with van der Waals surface area (Å²) < 4.78 is 22.8. The van der Waals surface area contributed by atoms with E-state index in [0.717, 1.165) is 12.8 Å². The Kier molecular flexibility index (Phi) is 4.36. The fourth-order valence-electron chi connectivity index (χ4n) is 2.21. The van der Waals surface area contributed by atoms with E-state index in [0.29, 0.717) is 5.92 Å². The van der Waals surface area contributed by atoms with Crippen LogP contribution in [0.25, 0.3) is 0 Å². The number of nitrogens with two attached hydrogens (primary N) is 1. The lowest BCUT2D eigenvalue weighted by Gasteiger charge is -2.31. The minimum atomic E-state index is -3.94. The highest BCUT2D eigenvalue weighted by Crippen LogP contribution is 2.29. The highest BCUT2D eigenvalue weighted by atomic mass is 35.5. The Morgan fingerprint density at radius 2 is 2.10 bits per heavy atom. The average Bonchev–Trinajstić information content (AvgIpc) is 2.25. The van der Waals surface area contributed by atoms with Gasteiger partial charge in [-0.05, 0) is 43.9 Å². The summed E-state index contributed by atoms with van der Waals surface area (Å²) in [5.41, 5.74) is 0.240. The molecule has 110 valence electrons. The second kappa shape index (κ2) is 5.71. The zero-order valence-corrected chi connectivity index (χ0v) is 12.7. The third kappa shape index (κ3) is 3.31. The van der Waals surface area contributed by atoms with E-state index in [-0.39, 0.29) is 27.4 Å². The molecule has 0 saturated heterocycles. The van der Waals surface area contributed by atoms with Gasteiger partial charge in [-0.1, -0.05) is 18.0 Å². The summed E-state index contributed by atoms with van der Waals surface area (Å²) in [6.07, 6.45) is 3.43. The van der Waals surface area contributed by atoms with E-state index < -0.39 is 10.0 Å². The zero-order valence-electron chi connectivity index (χ0n) is 11.1. The van der Waals surface area contributed by atoms with Crippen LogP contribution in [-0.4, -0.2) is 20.4 Å². The maximum absolute atomic E-state index is 12.1. The Labute approximate surface area is 123 Å². The van der Waals surface area contributed by atoms with Crippen LogP contribution in [0.1, 0.15) is 36.5 Å². The van der Waals surface area contributed by atoms with Crippen LogP contribution in [0.15, 0.2) is 23.1 Å². The number of rotatable bonds is 4. The number of benzene rings is 1. The number of carbonyl (C=O) groups is 1. The molecule has 1 unspecified atom stereocenters. The van der Waals surface area contributed by atoms with Gasteiger partial charge in [0.15, 0.2) is 0 Å². The highest BCUT2D eigenvalue weighted by molar-refractivity contribution is 7.89. The minimum absolute atomic E-state index is 0.0103. The van der Waals surface area contributed by atoms with E-state index in [1.165, 1.54) is 24.6 Å². The first-order chi connectivity index (χ1) is 9.29. The van der Waals surface area contributed by atoms with Gasteiger partial charge in [-0.15, -0.1) is 0 Å². The lowest BCUT2D eigenvalue weighted by atomic mass is 9.80. The Balaban J connectivity index is 2.18. The third-order valence-corrected chi connectivity index (χ3v) is 5.11. The topological polar surface area (TPSA) is 89.3 Å². The number of primary sulfonamides is 1. The van der Waals surface area contributed by atoms with Crippen molar-refractivity contribution >= 4 is 27.5 Å². The summed E-state index contributed by atoms with van der Waals surface area (Å²) in [6, 6.07) is 4.13. The molecule has 2 rings (SSSR count). The van der Waals surface area contributed by atoms with Crippen molar-refractivity contribution in [3.8, 4) is 0 Å². The molecule has 7 heteroatoms. The number of halogens is 1. The predicted molar refractivity (Wildman–Crippen MR) is 77.1 cm³/mol. The van der Waals surface area contributed by atoms with E-state index in [9.17, 15) is 13.2 Å². The molecule has 0 radical (unpaired) electrons. The van der Waals surface area contributed by atoms with Gasteiger partial charge >= 0.3 is 0 Å². The number of hydrogen-bond acceptors (Lipinski definition) is 3. The summed E-state index contributed by atoms with van der Waals surface area (Å²) in [6.45, 7) is 1.96. The predicted octanol–water partition coefficient (Wildman–Crippen LogP) is 1.91. The van der Waals surface area contributed by atoms with Crippen LogP contribution in [0.4, 0.5) is 0 Å². The molecule has 0 spiro atoms. The van der Waals surface area contributed by atoms with Gasteiger partial charge in [0.1, 0.15) is 4.90 Å². The van der Waals surface area contributed by atoms with Crippen LogP contribution in [0.5, 0.6) is 0 Å². The summed E-state index contributed by atoms with van der Waals surface area (Å²) in [7, 11) is -3.94. The van der Waals surface area contributed by atoms with Gasteiger partial charge in [-0.2, -0.15) is 0 Å². The van der Waals surface area contributed by atoms with Crippen LogP contribution in [-0.2, 0) is 10.0 Å². The summed E-state index contributed by atoms with van der Waals surface area (Å²) in [5.74, 6) is 0.190. The van der Waals surface area contributed by atoms with Crippen molar-refractivity contribution in [2.24, 2.45) is 11.1 Å². The Bertz CT molecular complexity index is 627. The maximum atomic E-state index is 12.1. The van der Waals surface area contributed by atoms with Crippen LogP contribution >= 0.6 is 11.6 Å². The molecule has 1 aliphatic rings. The van der Waals surface area contributed by atoms with Gasteiger partial charge in [0.05, 0.1) is 5.02 Å². The molecule has 0 aromatic heterocycles. The van der Waals surface area contributed by atoms with E-state index in [4.69, 9.17) is 16.7 Å². The lowest BCUT2D eigenvalue weighted by Crippen LogP contribution is -2.40. The number of sulfonamides is 1. The largest absolute Gasteiger partial charge is 0.349 e. The second-order valence-corrected chi connectivity index (χ2v) is 7.08. The average molecular weight is 317 g/mol.